The predicted octanol–water partition coefficient (Wildman–Crippen LogP) is 3.28. The van der Waals surface area contributed by atoms with E-state index in [4.69, 9.17) is 18.3 Å². The lowest BCUT2D eigenvalue weighted by molar-refractivity contribution is -0.115. The van der Waals surface area contributed by atoms with Crippen molar-refractivity contribution >= 4 is 47.5 Å². The van der Waals surface area contributed by atoms with Crippen molar-refractivity contribution in [2.75, 3.05) is 11.1 Å². The highest BCUT2D eigenvalue weighted by molar-refractivity contribution is 7.13. The van der Waals surface area contributed by atoms with Gasteiger partial charge in [0.2, 0.25) is 5.91 Å². The van der Waals surface area contributed by atoms with Crippen molar-refractivity contribution in [2.45, 2.75) is 62.8 Å². The van der Waals surface area contributed by atoms with Gasteiger partial charge in [0.1, 0.15) is 13.4 Å². The number of benzene rings is 2. The van der Waals surface area contributed by atoms with Gasteiger partial charge in [-0.15, -0.1) is 11.3 Å². The van der Waals surface area contributed by atoms with Crippen LogP contribution in [0.1, 0.15) is 55.5 Å². The summed E-state index contributed by atoms with van der Waals surface area (Å²) in [5.41, 5.74) is 8.07. The maximum atomic E-state index is 13.1. The minimum Gasteiger partial charge on any atom is -0.443 e. The molecule has 37 heavy (non-hydrogen) atoms. The van der Waals surface area contributed by atoms with Crippen molar-refractivity contribution < 1.29 is 19.4 Å². The third-order valence-corrected chi connectivity index (χ3v) is 8.02. The van der Waals surface area contributed by atoms with Gasteiger partial charge in [0.15, 0.2) is 5.13 Å². The number of amides is 2. The molecule has 190 valence electrons. The first-order chi connectivity index (χ1) is 17.6. The number of aromatic nitrogens is 1. The van der Waals surface area contributed by atoms with Gasteiger partial charge in [-0.25, -0.2) is 9.78 Å². The number of aliphatic hydroxyl groups is 1. The lowest BCUT2D eigenvalue weighted by Crippen LogP contribution is -2.58. The molecule has 3 aromatic rings. The van der Waals surface area contributed by atoms with Crippen molar-refractivity contribution in [1.82, 2.24) is 9.88 Å². The van der Waals surface area contributed by atoms with Crippen LogP contribution >= 0.6 is 11.3 Å². The molecule has 2 saturated heterocycles. The minimum atomic E-state index is -0.809. The predicted molar refractivity (Wildman–Crippen MR) is 144 cm³/mol. The maximum absolute atomic E-state index is 13.1. The Kier molecular flexibility index (Phi) is 6.72. The van der Waals surface area contributed by atoms with E-state index in [9.17, 15) is 14.7 Å². The number of fused-ring (bicyclic) bond motifs is 1. The number of ether oxygens (including phenoxy) is 1. The molecule has 10 heteroatoms. The van der Waals surface area contributed by atoms with Crippen molar-refractivity contribution in [3.05, 3.63) is 70.7 Å². The van der Waals surface area contributed by atoms with Gasteiger partial charge in [-0.3, -0.25) is 9.69 Å². The van der Waals surface area contributed by atoms with Gasteiger partial charge < -0.3 is 20.9 Å². The zero-order valence-corrected chi connectivity index (χ0v) is 21.6. The minimum absolute atomic E-state index is 0.0999. The summed E-state index contributed by atoms with van der Waals surface area (Å²) in [7, 11) is 6.37. The number of aliphatic hydroxyl groups excluding tert-OH is 1. The topological polar surface area (TPSA) is 118 Å². The van der Waals surface area contributed by atoms with Gasteiger partial charge in [-0.2, -0.15) is 0 Å². The van der Waals surface area contributed by atoms with E-state index in [0.717, 1.165) is 17.5 Å². The number of nitrogens with zero attached hydrogens (tertiary/aromatic N) is 2. The summed E-state index contributed by atoms with van der Waals surface area (Å²) in [6.45, 7) is 3.80. The van der Waals surface area contributed by atoms with Gasteiger partial charge in [-0.1, -0.05) is 47.9 Å². The van der Waals surface area contributed by atoms with E-state index in [1.54, 1.807) is 16.3 Å². The number of thiazole rings is 1. The Morgan fingerprint density at radius 2 is 2.05 bits per heavy atom. The molecular weight excluding hydrogens is 487 g/mol. The Bertz CT molecular complexity index is 1310. The molecule has 5 rings (SSSR count). The van der Waals surface area contributed by atoms with Crippen molar-refractivity contribution in [3.63, 3.8) is 0 Å². The number of cyclic esters (lactones) is 1. The number of nitrogens with one attached hydrogen (secondary N) is 1. The Morgan fingerprint density at radius 1 is 1.30 bits per heavy atom. The highest BCUT2D eigenvalue weighted by Gasteiger charge is 2.55. The Hall–Kier alpha value is -3.37. The van der Waals surface area contributed by atoms with Gasteiger partial charge >= 0.3 is 6.09 Å². The Labute approximate surface area is 221 Å². The van der Waals surface area contributed by atoms with Crippen molar-refractivity contribution in [3.8, 4) is 0 Å². The summed E-state index contributed by atoms with van der Waals surface area (Å²) in [6, 6.07) is 14.4. The van der Waals surface area contributed by atoms with Gasteiger partial charge in [0.05, 0.1) is 24.3 Å². The number of carbonyl (C=O) groups is 2. The number of anilines is 2. The zero-order chi connectivity index (χ0) is 26.3. The summed E-state index contributed by atoms with van der Waals surface area (Å²) in [5.74, 6) is -0.417. The fourth-order valence-electron chi connectivity index (χ4n) is 5.73. The molecule has 2 fully saturated rings. The monoisotopic (exact) mass is 516 g/mol. The number of nitrogen functional groups attached to an aromatic ring is 1. The molecular formula is C27H29BN4O4S. The molecule has 2 amide bonds. The number of nitrogens with two attached hydrogens (primary N) is 1. The molecule has 3 heterocycles. The van der Waals surface area contributed by atoms with Crippen LogP contribution in [0.25, 0.3) is 0 Å². The van der Waals surface area contributed by atoms with Crippen LogP contribution in [0, 0.1) is 0 Å². The Balaban J connectivity index is 1.37. The van der Waals surface area contributed by atoms with Crippen LogP contribution in [0.3, 0.4) is 0 Å². The van der Waals surface area contributed by atoms with E-state index in [1.807, 2.05) is 56.3 Å². The van der Waals surface area contributed by atoms with Crippen LogP contribution < -0.4 is 16.5 Å². The van der Waals surface area contributed by atoms with Crippen LogP contribution in [0.2, 0.25) is 0 Å². The second-order valence-electron chi connectivity index (χ2n) is 10.2. The van der Waals surface area contributed by atoms with E-state index in [0.29, 0.717) is 28.4 Å². The SMILES string of the molecule is [B]c1cc(C2[C@@H]3CC[C@H]([C@H](O)c4ccccc4)N3C(=O)OC2(C)C)ccc1NC(=O)Cc1csc(N)n1. The maximum Gasteiger partial charge on any atom is 0.410 e. The van der Waals surface area contributed by atoms with E-state index >= 15 is 0 Å². The smallest absolute Gasteiger partial charge is 0.410 e. The molecule has 0 saturated carbocycles. The molecule has 2 aliphatic heterocycles. The fraction of sp³-hybridized carbons (Fsp3) is 0.370. The summed E-state index contributed by atoms with van der Waals surface area (Å²) >= 11 is 1.29. The average molecular weight is 516 g/mol. The molecule has 0 spiro atoms. The van der Waals surface area contributed by atoms with Gasteiger partial charge in [0, 0.05) is 23.0 Å². The van der Waals surface area contributed by atoms with Gasteiger partial charge in [-0.05, 0) is 43.9 Å². The molecule has 4 atom stereocenters. The summed E-state index contributed by atoms with van der Waals surface area (Å²) in [4.78, 5) is 31.4. The first-order valence-corrected chi connectivity index (χ1v) is 13.2. The van der Waals surface area contributed by atoms with Crippen molar-refractivity contribution in [2.24, 2.45) is 0 Å². The highest BCUT2D eigenvalue weighted by Crippen LogP contribution is 2.48. The van der Waals surface area contributed by atoms with Crippen LogP contribution in [-0.2, 0) is 16.0 Å². The number of hydrogen-bond acceptors (Lipinski definition) is 7. The molecule has 8 nitrogen and oxygen atoms in total. The van der Waals surface area contributed by atoms with Crippen LogP contribution in [0.4, 0.5) is 15.6 Å². The molecule has 0 bridgehead atoms. The summed E-state index contributed by atoms with van der Waals surface area (Å²) < 4.78 is 5.92. The molecule has 2 aliphatic rings. The summed E-state index contributed by atoms with van der Waals surface area (Å²) in [6.07, 6.45) is 0.266. The van der Waals surface area contributed by atoms with E-state index in [1.165, 1.54) is 11.3 Å². The standard InChI is InChI=1S/C27H29BN4O4S/c1-27(2)23(16-8-9-19(18(28)12-16)31-22(33)13-17-14-37-25(29)30-17)20-10-11-21(32(20)26(35)36-27)24(34)15-6-4-3-5-7-15/h3-9,12,14,20-21,23-24,34H,10-11,13H2,1-2H3,(H2,29,30)(H,31,33)/t20-,21+,23?,24+/m0/s1. The van der Waals surface area contributed by atoms with Gasteiger partial charge in [0.25, 0.3) is 0 Å². The molecule has 1 unspecified atom stereocenters. The number of hydrogen-bond donors (Lipinski definition) is 3. The number of rotatable bonds is 6. The number of carbonyl (C=O) groups excluding carboxylic acids is 2. The fourth-order valence-corrected chi connectivity index (χ4v) is 6.29. The molecule has 1 aromatic heterocycles. The second kappa shape index (κ2) is 9.83. The van der Waals surface area contributed by atoms with E-state index in [-0.39, 0.29) is 30.3 Å². The zero-order valence-electron chi connectivity index (χ0n) is 20.8. The first-order valence-electron chi connectivity index (χ1n) is 12.3. The lowest BCUT2D eigenvalue weighted by Gasteiger charge is -2.48. The van der Waals surface area contributed by atoms with Crippen molar-refractivity contribution in [1.29, 1.82) is 0 Å². The van der Waals surface area contributed by atoms with Crippen LogP contribution in [0.15, 0.2) is 53.9 Å². The Morgan fingerprint density at radius 3 is 2.73 bits per heavy atom. The third-order valence-electron chi connectivity index (χ3n) is 7.29. The highest BCUT2D eigenvalue weighted by atomic mass is 32.1. The molecule has 4 N–H and O–H groups in total. The lowest BCUT2D eigenvalue weighted by atomic mass is 9.75. The first kappa shape index (κ1) is 25.3. The van der Waals surface area contributed by atoms with E-state index < -0.39 is 17.8 Å². The normalized spacial score (nSPS) is 23.3. The molecule has 2 aromatic carbocycles. The third kappa shape index (κ3) is 4.95. The largest absolute Gasteiger partial charge is 0.443 e. The quantitative estimate of drug-likeness (QED) is 0.433. The summed E-state index contributed by atoms with van der Waals surface area (Å²) in [5, 5.41) is 16.1. The van der Waals surface area contributed by atoms with E-state index in [2.05, 4.69) is 10.3 Å². The second-order valence-corrected chi connectivity index (χ2v) is 11.1. The molecule has 2 radical (unpaired) electrons. The molecule has 0 aliphatic carbocycles. The van der Waals surface area contributed by atoms with Crippen LogP contribution in [0.5, 0.6) is 0 Å². The van der Waals surface area contributed by atoms with Crippen LogP contribution in [-0.4, -0.2) is 52.5 Å². The average Bonchev–Trinajstić information content (AvgIpc) is 3.46.